The molecule has 0 spiro atoms. The first-order valence-corrected chi connectivity index (χ1v) is 12.3. The molecule has 0 radical (unpaired) electrons. The number of aromatic nitrogens is 5. The van der Waals surface area contributed by atoms with Crippen LogP contribution in [0, 0.1) is 17.8 Å². The SMILES string of the molecule is O=C(N[C@H](c1cn2ncc(CN3C[C@H]4[C@H](CNC3=O)C4(F)F)cc2n1)C1CCC(F)(F)CC1)c1cnon1. The molecule has 2 N–H and O–H groups in total. The fraction of sp³-hybridized carbons (Fsp3) is 0.565. The molecule has 0 bridgehead atoms. The highest BCUT2D eigenvalue weighted by molar-refractivity contribution is 5.92. The van der Waals surface area contributed by atoms with Gasteiger partial charge >= 0.3 is 6.03 Å². The van der Waals surface area contributed by atoms with E-state index in [1.165, 1.54) is 15.6 Å². The summed E-state index contributed by atoms with van der Waals surface area (Å²) in [7, 11) is 0. The largest absolute Gasteiger partial charge is 0.342 e. The molecule has 11 nitrogen and oxygen atoms in total. The molecule has 1 saturated heterocycles. The van der Waals surface area contributed by atoms with Gasteiger partial charge in [-0.2, -0.15) is 5.10 Å². The van der Waals surface area contributed by atoms with Gasteiger partial charge in [0.15, 0.2) is 11.3 Å². The van der Waals surface area contributed by atoms with E-state index < -0.39 is 41.7 Å². The number of alkyl halides is 4. The van der Waals surface area contributed by atoms with Gasteiger partial charge in [0.2, 0.25) is 5.92 Å². The molecule has 1 aliphatic heterocycles. The van der Waals surface area contributed by atoms with Crippen molar-refractivity contribution in [3.63, 3.8) is 0 Å². The van der Waals surface area contributed by atoms with Crippen LogP contribution < -0.4 is 10.6 Å². The number of rotatable bonds is 6. The van der Waals surface area contributed by atoms with Gasteiger partial charge in [0.1, 0.15) is 6.20 Å². The number of hydrogen-bond acceptors (Lipinski definition) is 7. The smallest absolute Gasteiger partial charge is 0.317 e. The van der Waals surface area contributed by atoms with E-state index in [9.17, 15) is 27.2 Å². The number of amides is 3. The third-order valence-electron chi connectivity index (χ3n) is 7.74. The topological polar surface area (TPSA) is 131 Å². The maximum absolute atomic E-state index is 13.9. The van der Waals surface area contributed by atoms with Crippen LogP contribution in [0.5, 0.6) is 0 Å². The normalized spacial score (nSPS) is 25.4. The molecule has 2 saturated carbocycles. The van der Waals surface area contributed by atoms with E-state index in [0.29, 0.717) is 16.9 Å². The summed E-state index contributed by atoms with van der Waals surface area (Å²) in [6.07, 6.45) is 4.02. The maximum Gasteiger partial charge on any atom is 0.317 e. The second kappa shape index (κ2) is 8.91. The Balaban J connectivity index is 1.24. The van der Waals surface area contributed by atoms with Crippen LogP contribution in [0.3, 0.4) is 0 Å². The number of imidazole rings is 1. The highest BCUT2D eigenvalue weighted by atomic mass is 19.3. The van der Waals surface area contributed by atoms with E-state index in [1.807, 2.05) is 0 Å². The summed E-state index contributed by atoms with van der Waals surface area (Å²) in [5.41, 5.74) is 1.34. The molecule has 3 amide bonds. The summed E-state index contributed by atoms with van der Waals surface area (Å²) in [5.74, 6) is -8.13. The standard InChI is InChI=1S/C23H24F4N8O3/c24-22(25)3-1-13(2-4-22)19(32-20(36)16-8-30-38-33-16)17-11-35-18(31-17)5-12(6-29-35)9-34-10-15-14(23(15,26)27)7-28-21(34)37/h5-6,8,11,13-15,19H,1-4,7,9-10H2,(H,28,37)(H,32,36)/t14-,15-,19-/m0/s1. The van der Waals surface area contributed by atoms with Gasteiger partial charge < -0.3 is 15.5 Å². The Morgan fingerprint density at radius 3 is 2.74 bits per heavy atom. The Bertz CT molecular complexity index is 1350. The summed E-state index contributed by atoms with van der Waals surface area (Å²) in [6, 6.07) is 0.550. The summed E-state index contributed by atoms with van der Waals surface area (Å²) in [4.78, 5) is 31.0. The van der Waals surface area contributed by atoms with Crippen molar-refractivity contribution in [2.75, 3.05) is 13.1 Å². The zero-order chi connectivity index (χ0) is 26.7. The fourth-order valence-corrected chi connectivity index (χ4v) is 5.45. The number of fused-ring (bicyclic) bond motifs is 2. The zero-order valence-corrected chi connectivity index (χ0v) is 20.0. The van der Waals surface area contributed by atoms with Gasteiger partial charge in [0.25, 0.3) is 11.8 Å². The highest BCUT2D eigenvalue weighted by Crippen LogP contribution is 2.55. The van der Waals surface area contributed by atoms with Crippen molar-refractivity contribution in [2.45, 2.75) is 50.1 Å². The van der Waals surface area contributed by atoms with Crippen LogP contribution in [0.4, 0.5) is 22.4 Å². The summed E-state index contributed by atoms with van der Waals surface area (Å²) < 4.78 is 61.4. The molecule has 3 aliphatic rings. The molecule has 3 fully saturated rings. The van der Waals surface area contributed by atoms with Crippen LogP contribution in [0.25, 0.3) is 5.65 Å². The van der Waals surface area contributed by atoms with Gasteiger partial charge in [-0.1, -0.05) is 5.16 Å². The molecule has 15 heteroatoms. The van der Waals surface area contributed by atoms with Gasteiger partial charge in [-0.05, 0) is 35.5 Å². The molecule has 0 unspecified atom stereocenters. The molecule has 38 heavy (non-hydrogen) atoms. The van der Waals surface area contributed by atoms with Crippen LogP contribution in [-0.2, 0) is 6.54 Å². The Hall–Kier alpha value is -3.78. The summed E-state index contributed by atoms with van der Waals surface area (Å²) in [5, 5.41) is 16.7. The van der Waals surface area contributed by atoms with E-state index in [4.69, 9.17) is 0 Å². The third kappa shape index (κ3) is 4.53. The lowest BCUT2D eigenvalue weighted by molar-refractivity contribution is -0.0495. The van der Waals surface area contributed by atoms with Gasteiger partial charge in [0.05, 0.1) is 36.0 Å². The second-order valence-corrected chi connectivity index (χ2v) is 10.2. The number of carbonyl (C=O) groups is 2. The lowest BCUT2D eigenvalue weighted by atomic mass is 9.81. The molecular formula is C23H24F4N8O3. The van der Waals surface area contributed by atoms with Crippen molar-refractivity contribution >= 4 is 17.6 Å². The van der Waals surface area contributed by atoms with Crippen LogP contribution in [-0.4, -0.2) is 66.7 Å². The van der Waals surface area contributed by atoms with E-state index >= 15 is 0 Å². The Morgan fingerprint density at radius 2 is 2.00 bits per heavy atom. The van der Waals surface area contributed by atoms with Crippen LogP contribution in [0.1, 0.15) is 53.5 Å². The molecule has 4 heterocycles. The first kappa shape index (κ1) is 24.6. The molecule has 3 aromatic rings. The van der Waals surface area contributed by atoms with Crippen molar-refractivity contribution in [3.8, 4) is 0 Å². The number of hydrogen-bond donors (Lipinski definition) is 2. The minimum Gasteiger partial charge on any atom is -0.342 e. The van der Waals surface area contributed by atoms with Crippen LogP contribution in [0.15, 0.2) is 29.3 Å². The molecule has 202 valence electrons. The predicted octanol–water partition coefficient (Wildman–Crippen LogP) is 2.82. The average Bonchev–Trinajstić information content (AvgIpc) is 3.29. The van der Waals surface area contributed by atoms with Gasteiger partial charge in [-0.15, -0.1) is 0 Å². The Morgan fingerprint density at radius 1 is 1.21 bits per heavy atom. The first-order chi connectivity index (χ1) is 18.1. The average molecular weight is 536 g/mol. The monoisotopic (exact) mass is 536 g/mol. The van der Waals surface area contributed by atoms with Crippen molar-refractivity contribution in [2.24, 2.45) is 17.8 Å². The molecule has 2 aliphatic carbocycles. The number of carbonyl (C=O) groups excluding carboxylic acids is 2. The van der Waals surface area contributed by atoms with Crippen LogP contribution >= 0.6 is 0 Å². The maximum atomic E-state index is 13.9. The zero-order valence-electron chi connectivity index (χ0n) is 20.0. The minimum absolute atomic E-state index is 0.0560. The molecule has 3 aromatic heterocycles. The lowest BCUT2D eigenvalue weighted by Gasteiger charge is -2.33. The molecule has 0 aromatic carbocycles. The summed E-state index contributed by atoms with van der Waals surface area (Å²) in [6.45, 7) is -0.0575. The Kier molecular flexibility index (Phi) is 5.76. The van der Waals surface area contributed by atoms with Crippen molar-refractivity contribution in [1.82, 2.24) is 40.4 Å². The number of nitrogens with zero attached hydrogens (tertiary/aromatic N) is 6. The first-order valence-electron chi connectivity index (χ1n) is 12.3. The third-order valence-corrected chi connectivity index (χ3v) is 7.74. The number of halogens is 4. The fourth-order valence-electron chi connectivity index (χ4n) is 5.45. The second-order valence-electron chi connectivity index (χ2n) is 10.2. The van der Waals surface area contributed by atoms with Gasteiger partial charge in [0, 0.05) is 32.5 Å². The van der Waals surface area contributed by atoms with Gasteiger partial charge in [-0.3, -0.25) is 4.79 Å². The summed E-state index contributed by atoms with van der Waals surface area (Å²) >= 11 is 0. The Labute approximate surface area is 212 Å². The van der Waals surface area contributed by atoms with Gasteiger partial charge in [-0.25, -0.2) is 36.5 Å². The molecule has 6 rings (SSSR count). The van der Waals surface area contributed by atoms with Crippen LogP contribution in [0.2, 0.25) is 0 Å². The van der Waals surface area contributed by atoms with E-state index in [-0.39, 0.29) is 56.9 Å². The minimum atomic E-state index is -2.78. The predicted molar refractivity (Wildman–Crippen MR) is 120 cm³/mol. The number of urea groups is 1. The van der Waals surface area contributed by atoms with E-state index in [1.54, 1.807) is 12.3 Å². The van der Waals surface area contributed by atoms with Crippen molar-refractivity contribution in [1.29, 1.82) is 0 Å². The van der Waals surface area contributed by atoms with Crippen molar-refractivity contribution < 1.29 is 31.8 Å². The quantitative estimate of drug-likeness (QED) is 0.464. The van der Waals surface area contributed by atoms with E-state index in [2.05, 4.69) is 35.7 Å². The highest BCUT2D eigenvalue weighted by Gasteiger charge is 2.69. The molecule has 3 atom stereocenters. The number of nitrogens with one attached hydrogen (secondary N) is 2. The van der Waals surface area contributed by atoms with Crippen molar-refractivity contribution in [3.05, 3.63) is 41.6 Å². The molecular weight excluding hydrogens is 512 g/mol. The van der Waals surface area contributed by atoms with E-state index in [0.717, 1.165) is 6.20 Å². The lowest BCUT2D eigenvalue weighted by Crippen LogP contribution is -2.40.